The average Bonchev–Trinajstić information content (AvgIpc) is 2.83. The number of fused-ring (bicyclic) bond motifs is 1. The molecule has 3 aromatic rings. The minimum Gasteiger partial charge on any atom is -0.325 e. The van der Waals surface area contributed by atoms with Gasteiger partial charge < -0.3 is 5.73 Å². The molecule has 0 fully saturated rings. The zero-order valence-corrected chi connectivity index (χ0v) is 11.1. The highest BCUT2D eigenvalue weighted by atomic mass is 15.2. The van der Waals surface area contributed by atoms with Crippen molar-refractivity contribution in [2.24, 2.45) is 12.8 Å². The number of nitrogens with zero attached hydrogens (tertiary/aromatic N) is 3. The molecule has 0 bridgehead atoms. The molecule has 4 nitrogen and oxygen atoms in total. The van der Waals surface area contributed by atoms with Crippen molar-refractivity contribution in [2.45, 2.75) is 13.5 Å². The van der Waals surface area contributed by atoms with Gasteiger partial charge in [-0.1, -0.05) is 23.8 Å². The summed E-state index contributed by atoms with van der Waals surface area (Å²) < 4.78 is 1.80. The molecule has 2 N–H and O–H groups in total. The summed E-state index contributed by atoms with van der Waals surface area (Å²) in [6.45, 7) is 2.54. The fraction of sp³-hybridized carbons (Fsp3) is 0.200. The maximum atomic E-state index is 5.77. The molecule has 1 aromatic carbocycles. The summed E-state index contributed by atoms with van der Waals surface area (Å²) in [5.41, 5.74) is 10.1. The Morgan fingerprint density at radius 1 is 1.21 bits per heavy atom. The van der Waals surface area contributed by atoms with Crippen molar-refractivity contribution < 1.29 is 0 Å². The number of hydrogen-bond acceptors (Lipinski definition) is 3. The van der Waals surface area contributed by atoms with Gasteiger partial charge in [0.15, 0.2) is 0 Å². The first-order chi connectivity index (χ1) is 9.19. The maximum Gasteiger partial charge on any atom is 0.0618 e. The molecule has 0 aliphatic rings. The summed E-state index contributed by atoms with van der Waals surface area (Å²) in [5, 5.41) is 6.53. The lowest BCUT2D eigenvalue weighted by atomic mass is 9.99. The first kappa shape index (κ1) is 11.9. The topological polar surface area (TPSA) is 56.7 Å². The second-order valence-corrected chi connectivity index (χ2v) is 4.77. The minimum atomic E-state index is 0.451. The van der Waals surface area contributed by atoms with Crippen LogP contribution in [0.25, 0.3) is 21.9 Å². The number of pyridine rings is 1. The Kier molecular flexibility index (Phi) is 2.80. The maximum absolute atomic E-state index is 5.77. The van der Waals surface area contributed by atoms with E-state index in [1.165, 1.54) is 10.9 Å². The molecule has 0 unspecified atom stereocenters. The van der Waals surface area contributed by atoms with Crippen molar-refractivity contribution >= 4 is 10.8 Å². The third kappa shape index (κ3) is 2.00. The fourth-order valence-corrected chi connectivity index (χ4v) is 2.37. The Bertz CT molecular complexity index is 743. The summed E-state index contributed by atoms with van der Waals surface area (Å²) >= 11 is 0. The molecule has 2 heterocycles. The van der Waals surface area contributed by atoms with Gasteiger partial charge in [0.25, 0.3) is 0 Å². The van der Waals surface area contributed by atoms with Gasteiger partial charge in [0.2, 0.25) is 0 Å². The van der Waals surface area contributed by atoms with E-state index in [1.807, 2.05) is 25.6 Å². The highest BCUT2D eigenvalue weighted by molar-refractivity contribution is 5.97. The van der Waals surface area contributed by atoms with Crippen molar-refractivity contribution in [3.8, 4) is 11.1 Å². The van der Waals surface area contributed by atoms with E-state index < -0.39 is 0 Å². The minimum absolute atomic E-state index is 0.451. The average molecular weight is 252 g/mol. The highest BCUT2D eigenvalue weighted by Crippen LogP contribution is 2.29. The zero-order valence-electron chi connectivity index (χ0n) is 11.1. The van der Waals surface area contributed by atoms with E-state index in [0.29, 0.717) is 6.54 Å². The molecule has 4 heteroatoms. The highest BCUT2D eigenvalue weighted by Gasteiger charge is 2.09. The predicted octanol–water partition coefficient (Wildman–Crippen LogP) is 2.40. The van der Waals surface area contributed by atoms with Crippen LogP contribution in [0.3, 0.4) is 0 Å². The standard InChI is InChI=1S/C15H16N4/c1-10-3-4-12-13(5-10)14(8-17-15(12)6-16)11-7-18-19(2)9-11/h3-5,7-9H,6,16H2,1-2H3. The van der Waals surface area contributed by atoms with Crippen LogP contribution in [0.2, 0.25) is 0 Å². The zero-order chi connectivity index (χ0) is 13.4. The second kappa shape index (κ2) is 4.48. The Morgan fingerprint density at radius 3 is 2.74 bits per heavy atom. The van der Waals surface area contributed by atoms with Crippen molar-refractivity contribution in [1.29, 1.82) is 0 Å². The van der Waals surface area contributed by atoms with Crippen molar-refractivity contribution in [2.75, 3.05) is 0 Å². The van der Waals surface area contributed by atoms with Crippen molar-refractivity contribution in [1.82, 2.24) is 14.8 Å². The molecule has 0 spiro atoms. The number of benzene rings is 1. The molecule has 0 atom stereocenters. The van der Waals surface area contributed by atoms with Gasteiger partial charge in [-0.3, -0.25) is 9.67 Å². The summed E-state index contributed by atoms with van der Waals surface area (Å²) in [6.07, 6.45) is 5.75. The second-order valence-electron chi connectivity index (χ2n) is 4.77. The molecule has 96 valence electrons. The van der Waals surface area contributed by atoms with E-state index in [4.69, 9.17) is 5.73 Å². The Hall–Kier alpha value is -2.20. The van der Waals surface area contributed by atoms with E-state index >= 15 is 0 Å². The molecule has 3 rings (SSSR count). The van der Waals surface area contributed by atoms with E-state index in [-0.39, 0.29) is 0 Å². The molecule has 0 saturated carbocycles. The van der Waals surface area contributed by atoms with Gasteiger partial charge in [0, 0.05) is 42.5 Å². The quantitative estimate of drug-likeness (QED) is 0.762. The molecule has 0 radical (unpaired) electrons. The molecule has 0 saturated heterocycles. The van der Waals surface area contributed by atoms with Crippen LogP contribution in [-0.2, 0) is 13.6 Å². The third-order valence-corrected chi connectivity index (χ3v) is 3.33. The number of aryl methyl sites for hydroxylation is 2. The summed E-state index contributed by atoms with van der Waals surface area (Å²) in [4.78, 5) is 4.48. The van der Waals surface area contributed by atoms with Gasteiger partial charge in [0.1, 0.15) is 0 Å². The van der Waals surface area contributed by atoms with Crippen LogP contribution < -0.4 is 5.73 Å². The van der Waals surface area contributed by atoms with Gasteiger partial charge in [-0.15, -0.1) is 0 Å². The first-order valence-electron chi connectivity index (χ1n) is 6.26. The molecule has 0 amide bonds. The van der Waals surface area contributed by atoms with Gasteiger partial charge in [-0.25, -0.2) is 0 Å². The van der Waals surface area contributed by atoms with Crippen LogP contribution in [0, 0.1) is 6.92 Å². The SMILES string of the molecule is Cc1ccc2c(CN)ncc(-c3cnn(C)c3)c2c1. The van der Waals surface area contributed by atoms with Crippen LogP contribution in [-0.4, -0.2) is 14.8 Å². The van der Waals surface area contributed by atoms with E-state index in [1.54, 1.807) is 4.68 Å². The summed E-state index contributed by atoms with van der Waals surface area (Å²) in [6, 6.07) is 6.37. The molecule has 0 aliphatic carbocycles. The van der Waals surface area contributed by atoms with Crippen molar-refractivity contribution in [3.63, 3.8) is 0 Å². The lowest BCUT2D eigenvalue weighted by molar-refractivity contribution is 0.768. The molecule has 2 aromatic heterocycles. The normalized spacial score (nSPS) is 11.1. The summed E-state index contributed by atoms with van der Waals surface area (Å²) in [5.74, 6) is 0. The molecule has 19 heavy (non-hydrogen) atoms. The Balaban J connectivity index is 2.34. The molecular weight excluding hydrogens is 236 g/mol. The van der Waals surface area contributed by atoms with Crippen LogP contribution >= 0.6 is 0 Å². The smallest absolute Gasteiger partial charge is 0.0618 e. The van der Waals surface area contributed by atoms with Gasteiger partial charge in [-0.05, 0) is 12.3 Å². The lowest BCUT2D eigenvalue weighted by Crippen LogP contribution is -2.01. The van der Waals surface area contributed by atoms with Crippen molar-refractivity contribution in [3.05, 3.63) is 48.0 Å². The third-order valence-electron chi connectivity index (χ3n) is 3.33. The summed E-state index contributed by atoms with van der Waals surface area (Å²) in [7, 11) is 1.92. The number of aromatic nitrogens is 3. The molecular formula is C15H16N4. The predicted molar refractivity (Wildman–Crippen MR) is 76.6 cm³/mol. The fourth-order valence-electron chi connectivity index (χ4n) is 2.37. The number of rotatable bonds is 2. The van der Waals surface area contributed by atoms with Crippen LogP contribution in [0.1, 0.15) is 11.3 Å². The first-order valence-corrected chi connectivity index (χ1v) is 6.26. The number of nitrogens with two attached hydrogens (primary N) is 1. The van der Waals surface area contributed by atoms with Gasteiger partial charge >= 0.3 is 0 Å². The van der Waals surface area contributed by atoms with E-state index in [0.717, 1.165) is 22.2 Å². The van der Waals surface area contributed by atoms with Crippen LogP contribution in [0.15, 0.2) is 36.8 Å². The Labute approximate surface area is 111 Å². The van der Waals surface area contributed by atoms with E-state index in [2.05, 4.69) is 35.2 Å². The monoisotopic (exact) mass is 252 g/mol. The number of hydrogen-bond donors (Lipinski definition) is 1. The van der Waals surface area contributed by atoms with Crippen LogP contribution in [0.5, 0.6) is 0 Å². The van der Waals surface area contributed by atoms with Crippen LogP contribution in [0.4, 0.5) is 0 Å². The lowest BCUT2D eigenvalue weighted by Gasteiger charge is -2.09. The Morgan fingerprint density at radius 2 is 2.05 bits per heavy atom. The van der Waals surface area contributed by atoms with Gasteiger partial charge in [0.05, 0.1) is 11.9 Å². The van der Waals surface area contributed by atoms with Gasteiger partial charge in [-0.2, -0.15) is 5.10 Å². The van der Waals surface area contributed by atoms with E-state index in [9.17, 15) is 0 Å². The largest absolute Gasteiger partial charge is 0.325 e. The molecule has 0 aliphatic heterocycles.